The number of methoxy groups -OCH3 is 2. The molecule has 0 aliphatic heterocycles. The maximum Gasteiger partial charge on any atom is 0.157 e. The normalized spacial score (nSPS) is 36.4. The third-order valence-corrected chi connectivity index (χ3v) is 5.23. The summed E-state index contributed by atoms with van der Waals surface area (Å²) in [6, 6.07) is 0. The first-order chi connectivity index (χ1) is 8.53. The molecule has 2 saturated carbocycles. The molecule has 1 unspecified atom stereocenters. The topological polar surface area (TPSA) is 27.7 Å². The Morgan fingerprint density at radius 1 is 1.11 bits per heavy atom. The zero-order valence-corrected chi connectivity index (χ0v) is 13.9. The van der Waals surface area contributed by atoms with Gasteiger partial charge in [0.15, 0.2) is 14.1 Å². The maximum atomic E-state index is 5.87. The highest BCUT2D eigenvalue weighted by molar-refractivity contribution is 14.1. The van der Waals surface area contributed by atoms with Crippen LogP contribution in [-0.2, 0) is 14.2 Å². The fraction of sp³-hybridized carbons (Fsp3) is 1.00. The molecule has 0 radical (unpaired) electrons. The van der Waals surface area contributed by atoms with Crippen molar-refractivity contribution < 1.29 is 14.2 Å². The predicted molar refractivity (Wildman–Crippen MR) is 82.7 cm³/mol. The molecule has 0 aromatic heterocycles. The zero-order chi connectivity index (χ0) is 13.2. The van der Waals surface area contributed by atoms with Gasteiger partial charge in [0.1, 0.15) is 0 Å². The molecule has 0 amide bonds. The molecular weight excluding hydrogens is 342 g/mol. The summed E-state index contributed by atoms with van der Waals surface area (Å²) in [5, 5.41) is 0. The summed E-state index contributed by atoms with van der Waals surface area (Å²) in [4.78, 5) is 0. The fourth-order valence-corrected chi connectivity index (χ4v) is 4.02. The molecule has 18 heavy (non-hydrogen) atoms. The average molecular weight is 366 g/mol. The lowest BCUT2D eigenvalue weighted by Crippen LogP contribution is -2.25. The SMILES string of the molecule is BC(I)OCC12CCC(CC(OC)OC)(CC1)C2. The lowest BCUT2D eigenvalue weighted by atomic mass is 9.80. The van der Waals surface area contributed by atoms with Crippen molar-refractivity contribution in [1.82, 2.24) is 0 Å². The number of hydrogen-bond donors (Lipinski definition) is 0. The number of ether oxygens (including phenoxy) is 3. The molecule has 0 aromatic rings. The molecule has 1 atom stereocenters. The van der Waals surface area contributed by atoms with Crippen LogP contribution < -0.4 is 0 Å². The molecule has 0 spiro atoms. The molecule has 5 heteroatoms. The van der Waals surface area contributed by atoms with Crippen LogP contribution in [0.4, 0.5) is 0 Å². The summed E-state index contributed by atoms with van der Waals surface area (Å²) in [5.41, 5.74) is 0.903. The molecule has 2 fully saturated rings. The standard InChI is InChI=1S/C13H24BIO3/c1-16-10(17-2)7-12-3-5-13(8-12,6-4-12)9-18-11(14)15/h10-11H,3-9,14H2,1-2H3. The molecule has 2 aliphatic rings. The average Bonchev–Trinajstić information content (AvgIpc) is 2.90. The van der Waals surface area contributed by atoms with Gasteiger partial charge in [-0.2, -0.15) is 0 Å². The number of rotatable bonds is 7. The van der Waals surface area contributed by atoms with Crippen molar-refractivity contribution in [2.75, 3.05) is 20.8 Å². The molecule has 3 nitrogen and oxygen atoms in total. The van der Waals surface area contributed by atoms with E-state index in [1.165, 1.54) is 32.1 Å². The zero-order valence-electron chi connectivity index (χ0n) is 11.7. The summed E-state index contributed by atoms with van der Waals surface area (Å²) in [7, 11) is 5.59. The van der Waals surface area contributed by atoms with E-state index in [1.54, 1.807) is 14.2 Å². The molecule has 0 saturated heterocycles. The molecular formula is C13H24BIO3. The van der Waals surface area contributed by atoms with E-state index in [0.717, 1.165) is 13.0 Å². The summed E-state index contributed by atoms with van der Waals surface area (Å²) in [6.07, 6.45) is 7.56. The van der Waals surface area contributed by atoms with Crippen molar-refractivity contribution in [2.24, 2.45) is 10.8 Å². The lowest BCUT2D eigenvalue weighted by molar-refractivity contribution is -0.125. The van der Waals surface area contributed by atoms with Crippen LogP contribution in [-0.4, -0.2) is 39.0 Å². The highest BCUT2D eigenvalue weighted by Crippen LogP contribution is 2.63. The Morgan fingerprint density at radius 3 is 2.17 bits per heavy atom. The molecule has 2 rings (SSSR count). The van der Waals surface area contributed by atoms with Gasteiger partial charge in [-0.1, -0.05) is 22.6 Å². The van der Waals surface area contributed by atoms with Crippen LogP contribution in [0.3, 0.4) is 0 Å². The summed E-state index contributed by atoms with van der Waals surface area (Å²) in [6.45, 7) is 0.934. The van der Waals surface area contributed by atoms with Gasteiger partial charge in [-0.3, -0.25) is 0 Å². The Morgan fingerprint density at radius 2 is 1.67 bits per heavy atom. The Hall–Kier alpha value is 0.675. The second-order valence-corrected chi connectivity index (χ2v) is 7.89. The third kappa shape index (κ3) is 3.22. The van der Waals surface area contributed by atoms with E-state index in [2.05, 4.69) is 30.4 Å². The van der Waals surface area contributed by atoms with Crippen LogP contribution in [0.2, 0.25) is 0 Å². The van der Waals surface area contributed by atoms with Crippen molar-refractivity contribution in [3.63, 3.8) is 0 Å². The van der Waals surface area contributed by atoms with Crippen molar-refractivity contribution >= 4 is 30.4 Å². The van der Waals surface area contributed by atoms with Crippen LogP contribution in [0.5, 0.6) is 0 Å². The minimum atomic E-state index is -0.0386. The van der Waals surface area contributed by atoms with E-state index in [1.807, 2.05) is 0 Å². The molecule has 0 aromatic carbocycles. The van der Waals surface area contributed by atoms with E-state index in [0.29, 0.717) is 14.8 Å². The van der Waals surface area contributed by atoms with Gasteiger partial charge in [-0.15, -0.1) is 0 Å². The number of alkyl halides is 1. The summed E-state index contributed by atoms with van der Waals surface area (Å²) >= 11 is 2.34. The smallest absolute Gasteiger partial charge is 0.157 e. The maximum absolute atomic E-state index is 5.87. The van der Waals surface area contributed by atoms with Gasteiger partial charge in [0.2, 0.25) is 0 Å². The first-order valence-electron chi connectivity index (χ1n) is 6.84. The van der Waals surface area contributed by atoms with Gasteiger partial charge < -0.3 is 14.2 Å². The van der Waals surface area contributed by atoms with Gasteiger partial charge in [0, 0.05) is 20.6 Å². The Labute approximate surface area is 125 Å². The number of hydrogen-bond acceptors (Lipinski definition) is 3. The summed E-state index contributed by atoms with van der Waals surface area (Å²) < 4.78 is 17.0. The molecule has 0 heterocycles. The Balaban J connectivity index is 1.92. The largest absolute Gasteiger partial charge is 0.377 e. The van der Waals surface area contributed by atoms with Crippen molar-refractivity contribution in [3.05, 3.63) is 0 Å². The first kappa shape index (κ1) is 15.1. The molecule has 104 valence electrons. The van der Waals surface area contributed by atoms with Crippen LogP contribution in [0.15, 0.2) is 0 Å². The number of halogens is 1. The second-order valence-electron chi connectivity index (χ2n) is 6.14. The summed E-state index contributed by atoms with van der Waals surface area (Å²) in [5.74, 6) is 0. The van der Waals surface area contributed by atoms with E-state index >= 15 is 0 Å². The lowest BCUT2D eigenvalue weighted by Gasteiger charge is -2.30. The van der Waals surface area contributed by atoms with Crippen LogP contribution in [0.1, 0.15) is 38.5 Å². The highest BCUT2D eigenvalue weighted by atomic mass is 127. The van der Waals surface area contributed by atoms with Crippen LogP contribution >= 0.6 is 22.6 Å². The van der Waals surface area contributed by atoms with Gasteiger partial charge in [-0.25, -0.2) is 0 Å². The van der Waals surface area contributed by atoms with Crippen LogP contribution in [0.25, 0.3) is 0 Å². The highest BCUT2D eigenvalue weighted by Gasteiger charge is 2.54. The minimum Gasteiger partial charge on any atom is -0.377 e. The monoisotopic (exact) mass is 366 g/mol. The van der Waals surface area contributed by atoms with Crippen molar-refractivity contribution in [2.45, 2.75) is 48.8 Å². The Kier molecular flexibility index (Phi) is 5.00. The van der Waals surface area contributed by atoms with Crippen molar-refractivity contribution in [1.29, 1.82) is 0 Å². The van der Waals surface area contributed by atoms with Gasteiger partial charge in [-0.05, 0) is 42.9 Å². The molecule has 2 aliphatic carbocycles. The van der Waals surface area contributed by atoms with Gasteiger partial charge in [0.05, 0.1) is 10.6 Å². The van der Waals surface area contributed by atoms with Gasteiger partial charge >= 0.3 is 0 Å². The van der Waals surface area contributed by atoms with E-state index in [9.17, 15) is 0 Å². The first-order valence-corrected chi connectivity index (χ1v) is 8.09. The third-order valence-electron chi connectivity index (χ3n) is 4.87. The van der Waals surface area contributed by atoms with E-state index < -0.39 is 0 Å². The van der Waals surface area contributed by atoms with Crippen LogP contribution in [0, 0.1) is 10.8 Å². The minimum absolute atomic E-state index is 0.0386. The predicted octanol–water partition coefficient (Wildman–Crippen LogP) is 2.31. The second kappa shape index (κ2) is 5.98. The molecule has 2 bridgehead atoms. The van der Waals surface area contributed by atoms with Gasteiger partial charge in [0.25, 0.3) is 0 Å². The fourth-order valence-electron chi connectivity index (χ4n) is 3.84. The van der Waals surface area contributed by atoms with E-state index in [-0.39, 0.29) is 6.29 Å². The van der Waals surface area contributed by atoms with E-state index in [4.69, 9.17) is 14.2 Å². The van der Waals surface area contributed by atoms with Crippen molar-refractivity contribution in [3.8, 4) is 0 Å². The Bertz CT molecular complexity index is 273. The number of fused-ring (bicyclic) bond motifs is 2. The molecule has 0 N–H and O–H groups in total. The quantitative estimate of drug-likeness (QED) is 0.300.